The Hall–Kier alpha value is -2.87. The molecule has 4 aromatic rings. The predicted octanol–water partition coefficient (Wildman–Crippen LogP) is 4.21. The topological polar surface area (TPSA) is 89.6 Å². The van der Waals surface area contributed by atoms with Gasteiger partial charge in [0.25, 0.3) is 5.56 Å². The minimum Gasteiger partial charge on any atom is -0.353 e. The summed E-state index contributed by atoms with van der Waals surface area (Å²) >= 11 is 1.39. The molecule has 0 fully saturated rings. The van der Waals surface area contributed by atoms with Crippen LogP contribution in [-0.4, -0.2) is 24.7 Å². The van der Waals surface area contributed by atoms with E-state index in [0.717, 1.165) is 11.3 Å². The van der Waals surface area contributed by atoms with Crippen molar-refractivity contribution in [2.45, 2.75) is 44.0 Å². The van der Waals surface area contributed by atoms with Crippen molar-refractivity contribution >= 4 is 22.8 Å². The minimum absolute atomic E-state index is 0.0969. The standard InChI is InChI=1S/C21H23N5O2S/c1-12-10-15-17(22-12)19(27)26(5)20(23-15)29-11-16-24-18(25-28-16)13-6-8-14(9-7-13)21(2,3)4/h6-10,22H,11H2,1-5H3. The quantitative estimate of drug-likeness (QED) is 0.401. The van der Waals surface area contributed by atoms with E-state index in [4.69, 9.17) is 4.52 Å². The summed E-state index contributed by atoms with van der Waals surface area (Å²) in [5.41, 5.74) is 4.25. The lowest BCUT2D eigenvalue weighted by molar-refractivity contribution is 0.391. The maximum atomic E-state index is 12.5. The zero-order chi connectivity index (χ0) is 20.8. The highest BCUT2D eigenvalue weighted by atomic mass is 32.2. The number of aromatic amines is 1. The molecule has 0 aliphatic heterocycles. The van der Waals surface area contributed by atoms with Gasteiger partial charge in [-0.1, -0.05) is 62.0 Å². The fourth-order valence-electron chi connectivity index (χ4n) is 3.06. The molecule has 0 amide bonds. The summed E-state index contributed by atoms with van der Waals surface area (Å²) in [5, 5.41) is 4.70. The SMILES string of the molecule is Cc1cc2nc(SCc3nc(-c4ccc(C(C)(C)C)cc4)no3)n(C)c(=O)c2[nH]1. The van der Waals surface area contributed by atoms with E-state index < -0.39 is 0 Å². The molecule has 4 rings (SSSR count). The minimum atomic E-state index is -0.101. The molecule has 29 heavy (non-hydrogen) atoms. The Balaban J connectivity index is 1.52. The van der Waals surface area contributed by atoms with Crippen LogP contribution in [0.25, 0.3) is 22.4 Å². The summed E-state index contributed by atoms with van der Waals surface area (Å²) in [7, 11) is 1.71. The molecule has 0 saturated heterocycles. The van der Waals surface area contributed by atoms with E-state index in [1.807, 2.05) is 25.1 Å². The number of aryl methyl sites for hydroxylation is 1. The van der Waals surface area contributed by atoms with Gasteiger partial charge in [0.2, 0.25) is 11.7 Å². The smallest absolute Gasteiger partial charge is 0.278 e. The van der Waals surface area contributed by atoms with Crippen molar-refractivity contribution in [1.29, 1.82) is 0 Å². The van der Waals surface area contributed by atoms with Gasteiger partial charge in [-0.15, -0.1) is 0 Å². The van der Waals surface area contributed by atoms with Crippen LogP contribution in [0.2, 0.25) is 0 Å². The van der Waals surface area contributed by atoms with Crippen LogP contribution in [0.1, 0.15) is 37.9 Å². The Morgan fingerprint density at radius 1 is 1.17 bits per heavy atom. The summed E-state index contributed by atoms with van der Waals surface area (Å²) in [6.45, 7) is 8.44. The number of hydrogen-bond donors (Lipinski definition) is 1. The fourth-order valence-corrected chi connectivity index (χ4v) is 3.87. The Morgan fingerprint density at radius 2 is 1.90 bits per heavy atom. The van der Waals surface area contributed by atoms with Gasteiger partial charge in [-0.2, -0.15) is 4.98 Å². The van der Waals surface area contributed by atoms with Gasteiger partial charge < -0.3 is 9.51 Å². The first-order valence-electron chi connectivity index (χ1n) is 9.35. The van der Waals surface area contributed by atoms with E-state index in [2.05, 4.69) is 53.0 Å². The van der Waals surface area contributed by atoms with Gasteiger partial charge in [0.1, 0.15) is 5.52 Å². The number of aromatic nitrogens is 5. The van der Waals surface area contributed by atoms with Crippen molar-refractivity contribution < 1.29 is 4.52 Å². The molecule has 0 atom stereocenters. The third-order valence-corrected chi connectivity index (χ3v) is 5.77. The molecule has 0 saturated carbocycles. The molecule has 8 heteroatoms. The molecule has 3 heterocycles. The monoisotopic (exact) mass is 409 g/mol. The van der Waals surface area contributed by atoms with E-state index in [-0.39, 0.29) is 11.0 Å². The Bertz CT molecular complexity index is 1230. The molecule has 150 valence electrons. The first kappa shape index (κ1) is 19.4. The van der Waals surface area contributed by atoms with Crippen molar-refractivity contribution in [3.05, 3.63) is 57.8 Å². The van der Waals surface area contributed by atoms with Crippen LogP contribution >= 0.6 is 11.8 Å². The number of fused-ring (bicyclic) bond motifs is 1. The lowest BCUT2D eigenvalue weighted by Gasteiger charge is -2.18. The number of H-pyrrole nitrogens is 1. The first-order chi connectivity index (χ1) is 13.7. The zero-order valence-corrected chi connectivity index (χ0v) is 17.9. The summed E-state index contributed by atoms with van der Waals surface area (Å²) in [6, 6.07) is 10.1. The van der Waals surface area contributed by atoms with Crippen molar-refractivity contribution in [1.82, 2.24) is 24.7 Å². The second-order valence-electron chi connectivity index (χ2n) is 8.10. The molecular weight excluding hydrogens is 386 g/mol. The summed E-state index contributed by atoms with van der Waals surface area (Å²) < 4.78 is 6.93. The zero-order valence-electron chi connectivity index (χ0n) is 17.1. The Kier molecular flexibility index (Phi) is 4.82. The maximum Gasteiger partial charge on any atom is 0.278 e. The summed E-state index contributed by atoms with van der Waals surface area (Å²) in [5.74, 6) is 1.48. The second kappa shape index (κ2) is 7.18. The van der Waals surface area contributed by atoms with Crippen LogP contribution in [0, 0.1) is 6.92 Å². The average molecular weight is 410 g/mol. The van der Waals surface area contributed by atoms with Crippen LogP contribution in [0.5, 0.6) is 0 Å². The second-order valence-corrected chi connectivity index (χ2v) is 9.04. The summed E-state index contributed by atoms with van der Waals surface area (Å²) in [6.07, 6.45) is 0. The van der Waals surface area contributed by atoms with Crippen LogP contribution in [0.4, 0.5) is 0 Å². The lowest BCUT2D eigenvalue weighted by atomic mass is 9.87. The first-order valence-corrected chi connectivity index (χ1v) is 10.3. The number of benzene rings is 1. The van der Waals surface area contributed by atoms with E-state index >= 15 is 0 Å². The molecule has 1 N–H and O–H groups in total. The van der Waals surface area contributed by atoms with Gasteiger partial charge in [-0.25, -0.2) is 4.98 Å². The van der Waals surface area contributed by atoms with Gasteiger partial charge >= 0.3 is 0 Å². The van der Waals surface area contributed by atoms with Crippen LogP contribution in [0.15, 0.2) is 44.8 Å². The van der Waals surface area contributed by atoms with Gasteiger partial charge in [0.05, 0.1) is 11.3 Å². The van der Waals surface area contributed by atoms with Crippen molar-refractivity contribution in [2.24, 2.45) is 7.05 Å². The van der Waals surface area contributed by atoms with E-state index in [1.165, 1.54) is 21.9 Å². The summed E-state index contributed by atoms with van der Waals surface area (Å²) in [4.78, 5) is 24.6. The van der Waals surface area contributed by atoms with Crippen molar-refractivity contribution in [3.8, 4) is 11.4 Å². The maximum absolute atomic E-state index is 12.5. The highest BCUT2D eigenvalue weighted by Crippen LogP contribution is 2.26. The van der Waals surface area contributed by atoms with Gasteiger partial charge in [0, 0.05) is 18.3 Å². The predicted molar refractivity (Wildman–Crippen MR) is 114 cm³/mol. The number of nitrogens with zero attached hydrogens (tertiary/aromatic N) is 4. The molecule has 0 unspecified atom stereocenters. The Labute approximate surface area is 172 Å². The van der Waals surface area contributed by atoms with Gasteiger partial charge in [0.15, 0.2) is 5.16 Å². The third-order valence-electron chi connectivity index (χ3n) is 4.76. The van der Waals surface area contributed by atoms with Gasteiger partial charge in [-0.05, 0) is 24.0 Å². The molecule has 7 nitrogen and oxygen atoms in total. The number of thioether (sulfide) groups is 1. The van der Waals surface area contributed by atoms with E-state index in [0.29, 0.717) is 33.7 Å². The molecule has 0 aliphatic carbocycles. The van der Waals surface area contributed by atoms with Crippen molar-refractivity contribution in [3.63, 3.8) is 0 Å². The van der Waals surface area contributed by atoms with E-state index in [9.17, 15) is 4.79 Å². The van der Waals surface area contributed by atoms with Crippen molar-refractivity contribution in [2.75, 3.05) is 0 Å². The molecule has 0 spiro atoms. The van der Waals surface area contributed by atoms with Crippen LogP contribution in [-0.2, 0) is 18.2 Å². The average Bonchev–Trinajstić information content (AvgIpc) is 3.29. The molecule has 0 aliphatic rings. The molecular formula is C21H23N5O2S. The van der Waals surface area contributed by atoms with E-state index in [1.54, 1.807) is 7.05 Å². The molecule has 3 aromatic heterocycles. The number of nitrogens with one attached hydrogen (secondary N) is 1. The fraction of sp³-hybridized carbons (Fsp3) is 0.333. The largest absolute Gasteiger partial charge is 0.353 e. The lowest BCUT2D eigenvalue weighted by Crippen LogP contribution is -2.19. The number of hydrogen-bond acceptors (Lipinski definition) is 6. The third kappa shape index (κ3) is 3.85. The molecule has 0 bridgehead atoms. The highest BCUT2D eigenvalue weighted by Gasteiger charge is 2.16. The highest BCUT2D eigenvalue weighted by molar-refractivity contribution is 7.98. The number of rotatable bonds is 4. The Morgan fingerprint density at radius 3 is 2.59 bits per heavy atom. The van der Waals surface area contributed by atoms with Gasteiger partial charge in [-0.3, -0.25) is 9.36 Å². The molecule has 1 aromatic carbocycles. The van der Waals surface area contributed by atoms with Crippen LogP contribution < -0.4 is 5.56 Å². The molecule has 0 radical (unpaired) electrons. The van der Waals surface area contributed by atoms with Crippen LogP contribution in [0.3, 0.4) is 0 Å². The normalized spacial score (nSPS) is 12.0.